The summed E-state index contributed by atoms with van der Waals surface area (Å²) < 4.78 is 12.6. The number of rotatable bonds is 6. The quantitative estimate of drug-likeness (QED) is 0.428. The molecule has 1 aliphatic heterocycles. The Bertz CT molecular complexity index is 1310. The van der Waals surface area contributed by atoms with E-state index in [4.69, 9.17) is 9.47 Å². The van der Waals surface area contributed by atoms with Gasteiger partial charge in [-0.3, -0.25) is 4.79 Å². The summed E-state index contributed by atoms with van der Waals surface area (Å²) in [6, 6.07) is 24.8. The molecule has 4 aromatic rings. The summed E-state index contributed by atoms with van der Waals surface area (Å²) in [6.07, 6.45) is 1.67. The Morgan fingerprint density at radius 2 is 1.67 bits per heavy atom. The second-order valence-corrected chi connectivity index (χ2v) is 7.70. The topological polar surface area (TPSA) is 69.0 Å². The lowest BCUT2D eigenvalue weighted by Gasteiger charge is -2.28. The van der Waals surface area contributed by atoms with Crippen molar-refractivity contribution in [1.82, 2.24) is 9.66 Å². The highest BCUT2D eigenvalue weighted by molar-refractivity contribution is 5.81. The van der Waals surface area contributed by atoms with Gasteiger partial charge in [0.1, 0.15) is 12.4 Å². The molecule has 1 fully saturated rings. The molecule has 5 rings (SSSR count). The van der Waals surface area contributed by atoms with Gasteiger partial charge in [0, 0.05) is 18.8 Å². The first kappa shape index (κ1) is 20.9. The molecule has 0 saturated carbocycles. The van der Waals surface area contributed by atoms with Crippen LogP contribution >= 0.6 is 0 Å². The van der Waals surface area contributed by atoms with Gasteiger partial charge in [-0.25, -0.2) is 4.98 Å². The minimum atomic E-state index is -0.228. The maximum Gasteiger partial charge on any atom is 0.282 e. The van der Waals surface area contributed by atoms with Crippen LogP contribution in [0, 0.1) is 0 Å². The van der Waals surface area contributed by atoms with Crippen LogP contribution in [0.25, 0.3) is 10.9 Å². The number of morpholine rings is 1. The van der Waals surface area contributed by atoms with Gasteiger partial charge in [-0.05, 0) is 42.0 Å². The summed E-state index contributed by atoms with van der Waals surface area (Å²) in [5.74, 6) is 1.14. The number of fused-ring (bicyclic) bond motifs is 1. The van der Waals surface area contributed by atoms with Crippen LogP contribution in [0.4, 0.5) is 5.69 Å². The van der Waals surface area contributed by atoms with Crippen molar-refractivity contribution >= 4 is 22.8 Å². The number of ether oxygens (including phenoxy) is 2. The monoisotopic (exact) mass is 440 g/mol. The van der Waals surface area contributed by atoms with E-state index in [-0.39, 0.29) is 12.2 Å². The van der Waals surface area contributed by atoms with Crippen LogP contribution in [-0.4, -0.2) is 42.2 Å². The molecule has 166 valence electrons. The standard InChI is InChI=1S/C26H24N4O3/c31-26-23-8-4-5-9-24(23)28-25(19-33-22-6-2-1-3-7-22)30(26)27-18-20-10-12-21(13-11-20)29-14-16-32-17-15-29/h1-13,18H,14-17,19H2/b27-18+. The Hall–Kier alpha value is -3.97. The van der Waals surface area contributed by atoms with E-state index in [0.717, 1.165) is 37.6 Å². The zero-order valence-electron chi connectivity index (χ0n) is 18.1. The molecule has 7 nitrogen and oxygen atoms in total. The highest BCUT2D eigenvalue weighted by Gasteiger charge is 2.12. The van der Waals surface area contributed by atoms with Gasteiger partial charge in [-0.15, -0.1) is 0 Å². The molecular formula is C26H24N4O3. The Balaban J connectivity index is 1.43. The molecule has 2 heterocycles. The van der Waals surface area contributed by atoms with Gasteiger partial charge in [0.2, 0.25) is 0 Å². The maximum absolute atomic E-state index is 13.2. The SMILES string of the molecule is O=c1c2ccccc2nc(COc2ccccc2)n1/N=C/c1ccc(N2CCOCC2)cc1. The predicted octanol–water partition coefficient (Wildman–Crippen LogP) is 3.69. The zero-order valence-corrected chi connectivity index (χ0v) is 18.1. The second-order valence-electron chi connectivity index (χ2n) is 7.70. The van der Waals surface area contributed by atoms with Crippen LogP contribution in [0.5, 0.6) is 5.75 Å². The van der Waals surface area contributed by atoms with Gasteiger partial charge >= 0.3 is 0 Å². The van der Waals surface area contributed by atoms with Gasteiger partial charge in [-0.2, -0.15) is 9.78 Å². The Morgan fingerprint density at radius 1 is 0.939 bits per heavy atom. The van der Waals surface area contributed by atoms with Crippen molar-refractivity contribution in [3.8, 4) is 5.75 Å². The van der Waals surface area contributed by atoms with Crippen molar-refractivity contribution in [3.63, 3.8) is 0 Å². The van der Waals surface area contributed by atoms with E-state index in [2.05, 4.69) is 27.1 Å². The summed E-state index contributed by atoms with van der Waals surface area (Å²) in [5.41, 5.74) is 2.43. The van der Waals surface area contributed by atoms with Crippen LogP contribution in [0.15, 0.2) is 88.8 Å². The van der Waals surface area contributed by atoms with Crippen LogP contribution in [0.2, 0.25) is 0 Å². The molecule has 0 atom stereocenters. The number of hydrogen-bond acceptors (Lipinski definition) is 6. The van der Waals surface area contributed by atoms with Crippen molar-refractivity contribution in [2.75, 3.05) is 31.2 Å². The summed E-state index contributed by atoms with van der Waals surface area (Å²) in [6.45, 7) is 3.38. The van der Waals surface area contributed by atoms with Crippen molar-refractivity contribution in [1.29, 1.82) is 0 Å². The average molecular weight is 441 g/mol. The van der Waals surface area contributed by atoms with E-state index < -0.39 is 0 Å². The number of benzene rings is 3. The molecule has 33 heavy (non-hydrogen) atoms. The van der Waals surface area contributed by atoms with Crippen molar-refractivity contribution < 1.29 is 9.47 Å². The molecule has 0 radical (unpaired) electrons. The van der Waals surface area contributed by atoms with Gasteiger partial charge in [0.05, 0.1) is 30.3 Å². The molecule has 0 spiro atoms. The van der Waals surface area contributed by atoms with E-state index in [1.807, 2.05) is 60.7 Å². The average Bonchev–Trinajstić information content (AvgIpc) is 2.88. The Kier molecular flexibility index (Phi) is 6.12. The molecule has 0 N–H and O–H groups in total. The van der Waals surface area contributed by atoms with Crippen LogP contribution in [0.1, 0.15) is 11.4 Å². The Labute approximate surface area is 191 Å². The molecule has 1 aromatic heterocycles. The number of aromatic nitrogens is 2. The molecule has 0 bridgehead atoms. The molecule has 0 amide bonds. The van der Waals surface area contributed by atoms with Gasteiger partial charge in [0.25, 0.3) is 5.56 Å². The van der Waals surface area contributed by atoms with Crippen molar-refractivity contribution in [2.24, 2.45) is 5.10 Å². The number of hydrogen-bond donors (Lipinski definition) is 0. The molecule has 3 aromatic carbocycles. The van der Waals surface area contributed by atoms with E-state index in [1.54, 1.807) is 12.3 Å². The summed E-state index contributed by atoms with van der Waals surface area (Å²) in [4.78, 5) is 20.1. The third-order valence-electron chi connectivity index (χ3n) is 5.52. The van der Waals surface area contributed by atoms with E-state index >= 15 is 0 Å². The van der Waals surface area contributed by atoms with E-state index in [0.29, 0.717) is 22.5 Å². The van der Waals surface area contributed by atoms with Crippen LogP contribution in [0.3, 0.4) is 0 Å². The molecule has 0 unspecified atom stereocenters. The molecule has 7 heteroatoms. The first-order valence-electron chi connectivity index (χ1n) is 10.9. The van der Waals surface area contributed by atoms with Gasteiger partial charge < -0.3 is 14.4 Å². The minimum Gasteiger partial charge on any atom is -0.486 e. The normalized spacial score (nSPS) is 14.1. The fourth-order valence-corrected chi connectivity index (χ4v) is 3.76. The summed E-state index contributed by atoms with van der Waals surface area (Å²) in [7, 11) is 0. The third kappa shape index (κ3) is 4.78. The van der Waals surface area contributed by atoms with Crippen molar-refractivity contribution in [2.45, 2.75) is 6.61 Å². The zero-order chi connectivity index (χ0) is 22.5. The maximum atomic E-state index is 13.2. The van der Waals surface area contributed by atoms with Gasteiger partial charge in [-0.1, -0.05) is 42.5 Å². The lowest BCUT2D eigenvalue weighted by Crippen LogP contribution is -2.36. The lowest BCUT2D eigenvalue weighted by atomic mass is 10.2. The lowest BCUT2D eigenvalue weighted by molar-refractivity contribution is 0.122. The van der Waals surface area contributed by atoms with Gasteiger partial charge in [0.15, 0.2) is 5.82 Å². The number of nitrogens with zero attached hydrogens (tertiary/aromatic N) is 4. The fourth-order valence-electron chi connectivity index (χ4n) is 3.76. The summed E-state index contributed by atoms with van der Waals surface area (Å²) >= 11 is 0. The first-order valence-corrected chi connectivity index (χ1v) is 10.9. The second kappa shape index (κ2) is 9.67. The van der Waals surface area contributed by atoms with E-state index in [1.165, 1.54) is 4.68 Å². The van der Waals surface area contributed by atoms with Crippen LogP contribution < -0.4 is 15.2 Å². The fraction of sp³-hybridized carbons (Fsp3) is 0.192. The third-order valence-corrected chi connectivity index (χ3v) is 5.52. The molecule has 1 aliphatic rings. The predicted molar refractivity (Wildman–Crippen MR) is 129 cm³/mol. The molecule has 0 aliphatic carbocycles. The largest absolute Gasteiger partial charge is 0.486 e. The molecule has 1 saturated heterocycles. The molecular weight excluding hydrogens is 416 g/mol. The number of para-hydroxylation sites is 2. The van der Waals surface area contributed by atoms with Crippen LogP contribution in [-0.2, 0) is 11.3 Å². The number of anilines is 1. The van der Waals surface area contributed by atoms with E-state index in [9.17, 15) is 4.79 Å². The Morgan fingerprint density at radius 3 is 2.45 bits per heavy atom. The highest BCUT2D eigenvalue weighted by atomic mass is 16.5. The van der Waals surface area contributed by atoms with Crippen molar-refractivity contribution in [3.05, 3.63) is 101 Å². The minimum absolute atomic E-state index is 0.122. The first-order chi connectivity index (χ1) is 16.3. The summed E-state index contributed by atoms with van der Waals surface area (Å²) in [5, 5.41) is 5.00. The highest BCUT2D eigenvalue weighted by Crippen LogP contribution is 2.16. The smallest absolute Gasteiger partial charge is 0.282 e.